The normalized spacial score (nSPS) is 22.6. The van der Waals surface area contributed by atoms with Gasteiger partial charge in [-0.25, -0.2) is 13.1 Å². The molecule has 2 N–H and O–H groups in total. The topological polar surface area (TPSA) is 58.2 Å². The summed E-state index contributed by atoms with van der Waals surface area (Å²) in [5, 5.41) is 3.31. The Labute approximate surface area is 134 Å². The van der Waals surface area contributed by atoms with Gasteiger partial charge >= 0.3 is 0 Å². The summed E-state index contributed by atoms with van der Waals surface area (Å²) >= 11 is 0. The van der Waals surface area contributed by atoms with Crippen molar-refractivity contribution in [3.8, 4) is 0 Å². The number of halogens is 1. The molecular weight excluding hydrogens is 308 g/mol. The predicted octanol–water partition coefficient (Wildman–Crippen LogP) is 2.48. The van der Waals surface area contributed by atoms with E-state index in [4.69, 9.17) is 0 Å². The van der Waals surface area contributed by atoms with Gasteiger partial charge in [-0.15, -0.1) is 12.4 Å². The van der Waals surface area contributed by atoms with E-state index in [0.29, 0.717) is 4.90 Å². The number of nitrogens with one attached hydrogen (secondary N) is 2. The minimum absolute atomic E-state index is 0. The summed E-state index contributed by atoms with van der Waals surface area (Å²) in [5.41, 5.74) is 1.18. The van der Waals surface area contributed by atoms with Gasteiger partial charge in [-0.05, 0) is 50.4 Å². The highest BCUT2D eigenvalue weighted by atomic mass is 35.5. The van der Waals surface area contributed by atoms with Crippen LogP contribution in [0.1, 0.15) is 38.7 Å². The fraction of sp³-hybridized carbons (Fsp3) is 0.600. The molecule has 1 aromatic carbocycles. The molecule has 6 heteroatoms. The molecule has 21 heavy (non-hydrogen) atoms. The molecule has 1 heterocycles. The molecule has 0 saturated carbocycles. The first-order chi connectivity index (χ1) is 9.53. The largest absolute Gasteiger partial charge is 0.313 e. The van der Waals surface area contributed by atoms with E-state index in [1.54, 1.807) is 12.1 Å². The van der Waals surface area contributed by atoms with Gasteiger partial charge in [0.05, 0.1) is 4.90 Å². The van der Waals surface area contributed by atoms with Crippen molar-refractivity contribution in [2.45, 2.75) is 56.5 Å². The van der Waals surface area contributed by atoms with Crippen molar-refractivity contribution in [2.24, 2.45) is 0 Å². The van der Waals surface area contributed by atoms with Gasteiger partial charge in [0.25, 0.3) is 0 Å². The zero-order valence-electron chi connectivity index (χ0n) is 12.6. The Morgan fingerprint density at radius 2 is 1.95 bits per heavy atom. The number of rotatable bonds is 5. The molecule has 0 radical (unpaired) electrons. The number of hydrogen-bond donors (Lipinski definition) is 2. The van der Waals surface area contributed by atoms with E-state index in [9.17, 15) is 8.42 Å². The summed E-state index contributed by atoms with van der Waals surface area (Å²) in [6, 6.07) is 7.37. The maximum absolute atomic E-state index is 12.4. The van der Waals surface area contributed by atoms with Crippen LogP contribution >= 0.6 is 12.4 Å². The maximum atomic E-state index is 12.4. The number of benzene rings is 1. The van der Waals surface area contributed by atoms with E-state index in [0.717, 1.165) is 32.2 Å². The molecule has 0 bridgehead atoms. The second kappa shape index (κ2) is 8.13. The lowest BCUT2D eigenvalue weighted by molar-refractivity contribution is 0.349. The fourth-order valence-corrected chi connectivity index (χ4v) is 3.95. The Morgan fingerprint density at radius 1 is 1.29 bits per heavy atom. The minimum Gasteiger partial charge on any atom is -0.313 e. The molecule has 1 aliphatic rings. The summed E-state index contributed by atoms with van der Waals surface area (Å²) in [6.07, 6.45) is 3.95. The average molecular weight is 333 g/mol. The van der Waals surface area contributed by atoms with Crippen molar-refractivity contribution < 1.29 is 8.42 Å². The molecule has 1 aliphatic heterocycles. The van der Waals surface area contributed by atoms with Crippen LogP contribution in [0.3, 0.4) is 0 Å². The molecule has 0 aromatic heterocycles. The Kier molecular flexibility index (Phi) is 7.13. The SMILES string of the molecule is CCCc1ccc(S(=O)(=O)NC2CCCNC2C)cc1.Cl. The number of aryl methyl sites for hydroxylation is 1. The predicted molar refractivity (Wildman–Crippen MR) is 88.5 cm³/mol. The van der Waals surface area contributed by atoms with Gasteiger partial charge in [0, 0.05) is 12.1 Å². The van der Waals surface area contributed by atoms with Crippen molar-refractivity contribution in [2.75, 3.05) is 6.54 Å². The van der Waals surface area contributed by atoms with E-state index >= 15 is 0 Å². The third kappa shape index (κ3) is 4.95. The van der Waals surface area contributed by atoms with Crippen molar-refractivity contribution in [3.05, 3.63) is 29.8 Å². The van der Waals surface area contributed by atoms with E-state index in [-0.39, 0.29) is 24.5 Å². The van der Waals surface area contributed by atoms with Crippen LogP contribution in [-0.4, -0.2) is 27.0 Å². The minimum atomic E-state index is -3.41. The van der Waals surface area contributed by atoms with Crippen LogP contribution in [-0.2, 0) is 16.4 Å². The van der Waals surface area contributed by atoms with Crippen LogP contribution in [0.4, 0.5) is 0 Å². The molecule has 1 saturated heterocycles. The third-order valence-corrected chi connectivity index (χ3v) is 5.35. The highest BCUT2D eigenvalue weighted by Crippen LogP contribution is 2.15. The standard InChI is InChI=1S/C15H24N2O2S.ClH/c1-3-5-13-7-9-14(10-8-13)20(18,19)17-15-6-4-11-16-12(15)2;/h7-10,12,15-17H,3-6,11H2,1-2H3;1H. The Morgan fingerprint density at radius 3 is 2.52 bits per heavy atom. The second-order valence-corrected chi connectivity index (χ2v) is 7.22. The molecule has 120 valence electrons. The van der Waals surface area contributed by atoms with E-state index < -0.39 is 10.0 Å². The highest BCUT2D eigenvalue weighted by molar-refractivity contribution is 7.89. The zero-order chi connectivity index (χ0) is 14.6. The van der Waals surface area contributed by atoms with Gasteiger partial charge in [0.15, 0.2) is 0 Å². The monoisotopic (exact) mass is 332 g/mol. The molecule has 2 rings (SSSR count). The van der Waals surface area contributed by atoms with Crippen molar-refractivity contribution in [1.29, 1.82) is 0 Å². The lowest BCUT2D eigenvalue weighted by Crippen LogP contribution is -2.51. The fourth-order valence-electron chi connectivity index (χ4n) is 2.60. The van der Waals surface area contributed by atoms with Crippen LogP contribution in [0.15, 0.2) is 29.2 Å². The van der Waals surface area contributed by atoms with Gasteiger partial charge < -0.3 is 5.32 Å². The summed E-state index contributed by atoms with van der Waals surface area (Å²) in [7, 11) is -3.41. The Bertz CT molecular complexity index is 531. The zero-order valence-corrected chi connectivity index (χ0v) is 14.3. The van der Waals surface area contributed by atoms with E-state index in [1.807, 2.05) is 19.1 Å². The Hall–Kier alpha value is -0.620. The highest BCUT2D eigenvalue weighted by Gasteiger charge is 2.26. The van der Waals surface area contributed by atoms with Crippen LogP contribution in [0.5, 0.6) is 0 Å². The first-order valence-corrected chi connectivity index (χ1v) is 8.86. The Balaban J connectivity index is 0.00000220. The van der Waals surface area contributed by atoms with Crippen molar-refractivity contribution in [1.82, 2.24) is 10.0 Å². The van der Waals surface area contributed by atoms with Crippen molar-refractivity contribution in [3.63, 3.8) is 0 Å². The second-order valence-electron chi connectivity index (χ2n) is 5.51. The molecular formula is C15H25ClN2O2S. The molecule has 0 spiro atoms. The first kappa shape index (κ1) is 18.4. The van der Waals surface area contributed by atoms with Crippen LogP contribution < -0.4 is 10.0 Å². The molecule has 0 amide bonds. The first-order valence-electron chi connectivity index (χ1n) is 7.37. The molecule has 2 unspecified atom stereocenters. The molecule has 0 aliphatic carbocycles. The van der Waals surface area contributed by atoms with Crippen LogP contribution in [0, 0.1) is 0 Å². The van der Waals surface area contributed by atoms with Crippen LogP contribution in [0.25, 0.3) is 0 Å². The van der Waals surface area contributed by atoms with Gasteiger partial charge in [-0.1, -0.05) is 25.5 Å². The van der Waals surface area contributed by atoms with E-state index in [2.05, 4.69) is 17.0 Å². The summed E-state index contributed by atoms with van der Waals surface area (Å²) in [4.78, 5) is 0.357. The summed E-state index contributed by atoms with van der Waals surface area (Å²) in [6.45, 7) is 5.10. The average Bonchev–Trinajstić information content (AvgIpc) is 2.42. The number of hydrogen-bond acceptors (Lipinski definition) is 3. The van der Waals surface area contributed by atoms with E-state index in [1.165, 1.54) is 5.56 Å². The van der Waals surface area contributed by atoms with Gasteiger partial charge in [0.2, 0.25) is 10.0 Å². The lowest BCUT2D eigenvalue weighted by atomic mass is 10.0. The van der Waals surface area contributed by atoms with Crippen molar-refractivity contribution >= 4 is 22.4 Å². The number of piperidine rings is 1. The summed E-state index contributed by atoms with van der Waals surface area (Å²) < 4.78 is 27.6. The summed E-state index contributed by atoms with van der Waals surface area (Å²) in [5.74, 6) is 0. The maximum Gasteiger partial charge on any atom is 0.240 e. The molecule has 2 atom stereocenters. The quantitative estimate of drug-likeness (QED) is 0.871. The third-order valence-electron chi connectivity index (χ3n) is 3.84. The van der Waals surface area contributed by atoms with Crippen LogP contribution in [0.2, 0.25) is 0 Å². The van der Waals surface area contributed by atoms with Gasteiger partial charge in [0.1, 0.15) is 0 Å². The molecule has 1 fully saturated rings. The van der Waals surface area contributed by atoms with Gasteiger partial charge in [-0.2, -0.15) is 0 Å². The molecule has 1 aromatic rings. The van der Waals surface area contributed by atoms with Gasteiger partial charge in [-0.3, -0.25) is 0 Å². The smallest absolute Gasteiger partial charge is 0.240 e. The lowest BCUT2D eigenvalue weighted by Gasteiger charge is -2.30. The molecule has 4 nitrogen and oxygen atoms in total. The number of sulfonamides is 1.